The van der Waals surface area contributed by atoms with Crippen LogP contribution in [0.3, 0.4) is 0 Å². The molecule has 1 fully saturated rings. The Morgan fingerprint density at radius 1 is 1.04 bits per heavy atom. The number of hydrogen-bond acceptors (Lipinski definition) is 6. The van der Waals surface area contributed by atoms with E-state index in [1.807, 2.05) is 6.92 Å². The average Bonchev–Trinajstić information content (AvgIpc) is 2.89. The lowest BCUT2D eigenvalue weighted by molar-refractivity contribution is -0.142. The number of methoxy groups -OCH3 is 2. The van der Waals surface area contributed by atoms with Gasteiger partial charge < -0.3 is 14.2 Å². The third-order valence-electron chi connectivity index (χ3n) is 3.03. The minimum Gasteiger partial charge on any atom is -0.466 e. The first-order chi connectivity index (χ1) is 12.0. The van der Waals surface area contributed by atoms with Gasteiger partial charge in [-0.2, -0.15) is 0 Å². The number of carbonyl (C=O) groups is 3. The summed E-state index contributed by atoms with van der Waals surface area (Å²) in [7, 11) is 2.52. The number of allylic oxidation sites excluding steroid dienone is 1. The Balaban J connectivity index is 0.000000440. The summed E-state index contributed by atoms with van der Waals surface area (Å²) in [6, 6.07) is 6.33. The van der Waals surface area contributed by atoms with Gasteiger partial charge in [0.25, 0.3) is 0 Å². The monoisotopic (exact) mass is 350 g/mol. The molecule has 0 unspecified atom stereocenters. The fourth-order valence-corrected chi connectivity index (χ4v) is 1.87. The minimum atomic E-state index is -0.550. The van der Waals surface area contributed by atoms with Crippen molar-refractivity contribution in [1.82, 2.24) is 0 Å². The van der Waals surface area contributed by atoms with Crippen molar-refractivity contribution in [2.24, 2.45) is 0 Å². The molecule has 0 N–H and O–H groups in total. The van der Waals surface area contributed by atoms with E-state index in [1.54, 1.807) is 18.2 Å². The van der Waals surface area contributed by atoms with Crippen molar-refractivity contribution in [2.45, 2.75) is 32.6 Å². The first kappa shape index (κ1) is 22.4. The number of benzene rings is 1. The van der Waals surface area contributed by atoms with Crippen LogP contribution in [-0.4, -0.2) is 38.7 Å². The van der Waals surface area contributed by atoms with Crippen molar-refractivity contribution < 1.29 is 28.6 Å². The quantitative estimate of drug-likeness (QED) is 0.461. The van der Waals surface area contributed by atoms with E-state index in [-0.39, 0.29) is 17.1 Å². The summed E-state index contributed by atoms with van der Waals surface area (Å²) in [5.41, 5.74) is 0.420. The van der Waals surface area contributed by atoms with Crippen LogP contribution in [0.1, 0.15) is 53.3 Å². The van der Waals surface area contributed by atoms with Crippen LogP contribution in [0.2, 0.25) is 0 Å². The summed E-state index contributed by atoms with van der Waals surface area (Å²) in [4.78, 5) is 32.9. The maximum atomic E-state index is 11.2. The second-order valence-electron chi connectivity index (χ2n) is 4.97. The highest BCUT2D eigenvalue weighted by atomic mass is 16.5. The van der Waals surface area contributed by atoms with Crippen molar-refractivity contribution in [2.75, 3.05) is 20.8 Å². The second-order valence-corrected chi connectivity index (χ2v) is 4.97. The molecule has 6 nitrogen and oxygen atoms in total. The van der Waals surface area contributed by atoms with E-state index in [9.17, 15) is 14.4 Å². The Kier molecular flexibility index (Phi) is 12.3. The van der Waals surface area contributed by atoms with Crippen molar-refractivity contribution in [1.29, 1.82) is 0 Å². The van der Waals surface area contributed by atoms with Gasteiger partial charge in [0.15, 0.2) is 0 Å². The molecular weight excluding hydrogens is 324 g/mol. The summed E-state index contributed by atoms with van der Waals surface area (Å²) < 4.78 is 13.8. The molecule has 1 aromatic carbocycles. The topological polar surface area (TPSA) is 78.9 Å². The third kappa shape index (κ3) is 9.30. The number of hydrogen-bond donors (Lipinski definition) is 0. The van der Waals surface area contributed by atoms with E-state index >= 15 is 0 Å². The van der Waals surface area contributed by atoms with Gasteiger partial charge in [0, 0.05) is 6.42 Å². The highest BCUT2D eigenvalue weighted by molar-refractivity contribution is 6.03. The first-order valence-electron chi connectivity index (χ1n) is 8.00. The Morgan fingerprint density at radius 2 is 1.52 bits per heavy atom. The fraction of sp³-hybridized carbons (Fsp3) is 0.421. The molecule has 6 heteroatoms. The number of carbonyl (C=O) groups excluding carboxylic acids is 3. The van der Waals surface area contributed by atoms with Gasteiger partial charge in [-0.15, -0.1) is 6.58 Å². The maximum Gasteiger partial charge on any atom is 0.338 e. The molecule has 2 rings (SSSR count). The maximum absolute atomic E-state index is 11.2. The smallest absolute Gasteiger partial charge is 0.338 e. The second kappa shape index (κ2) is 13.8. The van der Waals surface area contributed by atoms with Crippen molar-refractivity contribution in [3.63, 3.8) is 0 Å². The van der Waals surface area contributed by atoms with Crippen LogP contribution < -0.4 is 0 Å². The summed E-state index contributed by atoms with van der Waals surface area (Å²) in [6.07, 6.45) is 5.58. The molecule has 1 heterocycles. The molecule has 0 spiro atoms. The van der Waals surface area contributed by atoms with E-state index in [4.69, 9.17) is 4.74 Å². The van der Waals surface area contributed by atoms with Crippen LogP contribution in [0.5, 0.6) is 0 Å². The zero-order chi connectivity index (χ0) is 19.1. The number of cyclic esters (lactones) is 1. The molecule has 1 saturated heterocycles. The van der Waals surface area contributed by atoms with Gasteiger partial charge in [-0.25, -0.2) is 9.59 Å². The normalized spacial score (nSPS) is 12.7. The van der Waals surface area contributed by atoms with E-state index in [1.165, 1.54) is 26.4 Å². The molecule has 1 aromatic rings. The highest BCUT2D eigenvalue weighted by Crippen LogP contribution is 2.11. The van der Waals surface area contributed by atoms with Crippen LogP contribution in [-0.2, 0) is 19.0 Å². The fourth-order valence-electron chi connectivity index (χ4n) is 1.87. The predicted octanol–water partition coefficient (Wildman–Crippen LogP) is 3.56. The number of esters is 3. The Morgan fingerprint density at radius 3 is 1.96 bits per heavy atom. The zero-order valence-electron chi connectivity index (χ0n) is 15.1. The van der Waals surface area contributed by atoms with E-state index in [2.05, 4.69) is 16.1 Å². The molecule has 25 heavy (non-hydrogen) atoms. The van der Waals surface area contributed by atoms with Gasteiger partial charge in [-0.1, -0.05) is 18.2 Å². The van der Waals surface area contributed by atoms with Gasteiger partial charge in [-0.3, -0.25) is 4.79 Å². The van der Waals surface area contributed by atoms with E-state index < -0.39 is 11.9 Å². The van der Waals surface area contributed by atoms with Gasteiger partial charge in [0.1, 0.15) is 0 Å². The summed E-state index contributed by atoms with van der Waals surface area (Å²) in [5.74, 6) is -1.13. The summed E-state index contributed by atoms with van der Waals surface area (Å²) >= 11 is 0. The average molecular weight is 350 g/mol. The van der Waals surface area contributed by atoms with Crippen LogP contribution >= 0.6 is 0 Å². The van der Waals surface area contributed by atoms with Crippen molar-refractivity contribution in [3.05, 3.63) is 48.0 Å². The molecule has 138 valence electrons. The van der Waals surface area contributed by atoms with E-state index in [0.29, 0.717) is 13.0 Å². The van der Waals surface area contributed by atoms with Crippen LogP contribution in [0, 0.1) is 0 Å². The van der Waals surface area contributed by atoms with Crippen LogP contribution in [0.25, 0.3) is 0 Å². The molecule has 1 aliphatic rings. The Labute approximate surface area is 148 Å². The standard InChI is InChI=1S/C10H10O4.C6H10O2.C3H6/c1-13-9(11)7-5-3-4-6-8(7)10(12)14-2;7-6-4-2-1-3-5-8-6;1-3-2/h3-6H,1-2H3;1-5H2;3H,1H2,2H3. The van der Waals surface area contributed by atoms with Gasteiger partial charge in [0.05, 0.1) is 32.0 Å². The first-order valence-corrected chi connectivity index (χ1v) is 8.00. The molecule has 0 bridgehead atoms. The van der Waals surface area contributed by atoms with Crippen molar-refractivity contribution in [3.8, 4) is 0 Å². The SMILES string of the molecule is C=CC.COC(=O)c1ccccc1C(=O)OC.O=C1CCCCCO1. The molecular formula is C19H26O6. The Hall–Kier alpha value is -2.63. The van der Waals surface area contributed by atoms with Gasteiger partial charge in [-0.05, 0) is 38.3 Å². The minimum absolute atomic E-state index is 0.0255. The van der Waals surface area contributed by atoms with Gasteiger partial charge in [0.2, 0.25) is 0 Å². The lowest BCUT2D eigenvalue weighted by atomic mass is 10.1. The highest BCUT2D eigenvalue weighted by Gasteiger charge is 2.16. The number of rotatable bonds is 2. The molecule has 1 aliphatic heterocycles. The zero-order valence-corrected chi connectivity index (χ0v) is 15.1. The van der Waals surface area contributed by atoms with Crippen molar-refractivity contribution >= 4 is 17.9 Å². The molecule has 0 aliphatic carbocycles. The van der Waals surface area contributed by atoms with Gasteiger partial charge >= 0.3 is 17.9 Å². The molecule has 0 saturated carbocycles. The predicted molar refractivity (Wildman–Crippen MR) is 94.4 cm³/mol. The molecule has 0 amide bonds. The van der Waals surface area contributed by atoms with Crippen LogP contribution in [0.15, 0.2) is 36.9 Å². The summed E-state index contributed by atoms with van der Waals surface area (Å²) in [6.45, 7) is 5.89. The van der Waals surface area contributed by atoms with E-state index in [0.717, 1.165) is 19.3 Å². The molecule has 0 radical (unpaired) electrons. The van der Waals surface area contributed by atoms with Crippen LogP contribution in [0.4, 0.5) is 0 Å². The third-order valence-corrected chi connectivity index (χ3v) is 3.03. The largest absolute Gasteiger partial charge is 0.466 e. The summed E-state index contributed by atoms with van der Waals surface area (Å²) in [5, 5.41) is 0. The number of ether oxygens (including phenoxy) is 3. The lowest BCUT2D eigenvalue weighted by Gasteiger charge is -2.04. The molecule has 0 atom stereocenters. The molecule has 0 aromatic heterocycles. The Bertz CT molecular complexity index is 520. The lowest BCUT2D eigenvalue weighted by Crippen LogP contribution is -2.11.